The van der Waals surface area contributed by atoms with Gasteiger partial charge in [0.2, 0.25) is 0 Å². The lowest BCUT2D eigenvalue weighted by molar-refractivity contribution is 0.133. The van der Waals surface area contributed by atoms with E-state index < -0.39 is 0 Å². The third-order valence-electron chi connectivity index (χ3n) is 3.33. The molecule has 1 rings (SSSR count). The van der Waals surface area contributed by atoms with Crippen LogP contribution in [0.15, 0.2) is 0 Å². The first-order valence-electron chi connectivity index (χ1n) is 6.30. The van der Waals surface area contributed by atoms with Gasteiger partial charge in [-0.1, -0.05) is 6.92 Å². The lowest BCUT2D eigenvalue weighted by Crippen LogP contribution is -2.48. The van der Waals surface area contributed by atoms with Gasteiger partial charge in [0, 0.05) is 25.7 Å². The second kappa shape index (κ2) is 7.20. The summed E-state index contributed by atoms with van der Waals surface area (Å²) in [5.74, 6) is 0.773. The van der Waals surface area contributed by atoms with Crippen molar-refractivity contribution in [3.8, 4) is 0 Å². The number of rotatable bonds is 6. The van der Waals surface area contributed by atoms with Crippen LogP contribution in [0.1, 0.15) is 32.6 Å². The lowest BCUT2D eigenvalue weighted by atomic mass is 9.90. The molecule has 0 aromatic heterocycles. The fourth-order valence-electron chi connectivity index (χ4n) is 2.60. The van der Waals surface area contributed by atoms with E-state index in [0.29, 0.717) is 12.6 Å². The van der Waals surface area contributed by atoms with Crippen LogP contribution in [0.5, 0.6) is 0 Å². The second-order valence-electron chi connectivity index (χ2n) is 4.71. The summed E-state index contributed by atoms with van der Waals surface area (Å²) >= 11 is 0. The molecule has 1 saturated heterocycles. The number of hydrogen-bond acceptors (Lipinski definition) is 3. The van der Waals surface area contributed by atoms with Gasteiger partial charge in [-0.05, 0) is 45.2 Å². The highest BCUT2D eigenvalue weighted by molar-refractivity contribution is 4.82. The van der Waals surface area contributed by atoms with Crippen molar-refractivity contribution in [1.29, 1.82) is 0 Å². The first kappa shape index (κ1) is 12.9. The molecule has 0 radical (unpaired) electrons. The van der Waals surface area contributed by atoms with Crippen LogP contribution < -0.4 is 5.32 Å². The van der Waals surface area contributed by atoms with Crippen molar-refractivity contribution in [3.63, 3.8) is 0 Å². The molecular formula is C12H26N2O. The minimum Gasteiger partial charge on any atom is -0.396 e. The van der Waals surface area contributed by atoms with Crippen molar-refractivity contribution in [1.82, 2.24) is 10.2 Å². The van der Waals surface area contributed by atoms with Gasteiger partial charge in [0.15, 0.2) is 0 Å². The van der Waals surface area contributed by atoms with E-state index in [2.05, 4.69) is 24.2 Å². The Kier molecular flexibility index (Phi) is 6.22. The van der Waals surface area contributed by atoms with E-state index in [-0.39, 0.29) is 0 Å². The van der Waals surface area contributed by atoms with Gasteiger partial charge in [0.05, 0.1) is 0 Å². The van der Waals surface area contributed by atoms with Gasteiger partial charge in [0.1, 0.15) is 0 Å². The highest BCUT2D eigenvalue weighted by Crippen LogP contribution is 2.21. The maximum atomic E-state index is 8.86. The van der Waals surface area contributed by atoms with Crippen molar-refractivity contribution in [3.05, 3.63) is 0 Å². The summed E-state index contributed by atoms with van der Waals surface area (Å²) in [5, 5.41) is 12.3. The highest BCUT2D eigenvalue weighted by atomic mass is 16.2. The molecule has 2 atom stereocenters. The Morgan fingerprint density at radius 3 is 2.80 bits per heavy atom. The minimum absolute atomic E-state index is 0.342. The number of nitrogens with zero attached hydrogens (tertiary/aromatic N) is 1. The van der Waals surface area contributed by atoms with Crippen LogP contribution in [0.4, 0.5) is 0 Å². The maximum Gasteiger partial charge on any atom is 0.0431 e. The molecule has 0 aromatic rings. The summed E-state index contributed by atoms with van der Waals surface area (Å²) in [6, 6.07) is 0.647. The zero-order valence-electron chi connectivity index (χ0n) is 10.2. The van der Waals surface area contributed by atoms with Crippen LogP contribution in [-0.4, -0.2) is 49.3 Å². The van der Waals surface area contributed by atoms with E-state index in [1.165, 1.54) is 38.9 Å². The standard InChI is InChI=1S/C12H26N2O/c1-3-6-14-9-11(5-4-7-15)8-12(10-14)13-2/h11-13,15H,3-10H2,1-2H3. The van der Waals surface area contributed by atoms with Gasteiger partial charge in [-0.2, -0.15) is 0 Å². The van der Waals surface area contributed by atoms with Crippen molar-refractivity contribution < 1.29 is 5.11 Å². The van der Waals surface area contributed by atoms with Crippen molar-refractivity contribution >= 4 is 0 Å². The normalized spacial score (nSPS) is 28.2. The van der Waals surface area contributed by atoms with Gasteiger partial charge < -0.3 is 15.3 Å². The van der Waals surface area contributed by atoms with Crippen molar-refractivity contribution in [2.75, 3.05) is 33.3 Å². The van der Waals surface area contributed by atoms with Gasteiger partial charge in [0.25, 0.3) is 0 Å². The summed E-state index contributed by atoms with van der Waals surface area (Å²) in [6.07, 6.45) is 4.65. The molecule has 90 valence electrons. The average Bonchev–Trinajstić information content (AvgIpc) is 2.26. The predicted octanol–water partition coefficient (Wildman–Crippen LogP) is 1.08. The fourth-order valence-corrected chi connectivity index (χ4v) is 2.60. The van der Waals surface area contributed by atoms with Gasteiger partial charge in [-0.3, -0.25) is 0 Å². The summed E-state index contributed by atoms with van der Waals surface area (Å²) in [6.45, 7) is 6.22. The van der Waals surface area contributed by atoms with Crippen molar-refractivity contribution in [2.24, 2.45) is 5.92 Å². The summed E-state index contributed by atoms with van der Waals surface area (Å²) in [4.78, 5) is 2.56. The molecule has 0 bridgehead atoms. The van der Waals surface area contributed by atoms with E-state index in [4.69, 9.17) is 5.11 Å². The van der Waals surface area contributed by atoms with Crippen molar-refractivity contribution in [2.45, 2.75) is 38.6 Å². The first-order valence-corrected chi connectivity index (χ1v) is 6.30. The molecule has 3 heteroatoms. The summed E-state index contributed by atoms with van der Waals surface area (Å²) in [7, 11) is 2.06. The smallest absolute Gasteiger partial charge is 0.0431 e. The van der Waals surface area contributed by atoms with Crippen LogP contribution in [0.25, 0.3) is 0 Å². The maximum absolute atomic E-state index is 8.86. The molecule has 0 spiro atoms. The van der Waals surface area contributed by atoms with Crippen LogP contribution in [0.3, 0.4) is 0 Å². The second-order valence-corrected chi connectivity index (χ2v) is 4.71. The summed E-state index contributed by atoms with van der Waals surface area (Å²) < 4.78 is 0. The van der Waals surface area contributed by atoms with Gasteiger partial charge in [-0.15, -0.1) is 0 Å². The van der Waals surface area contributed by atoms with E-state index >= 15 is 0 Å². The molecule has 1 aliphatic rings. The number of likely N-dealkylation sites (N-methyl/N-ethyl adjacent to an activating group) is 1. The number of nitrogens with one attached hydrogen (secondary N) is 1. The number of hydrogen-bond donors (Lipinski definition) is 2. The first-order chi connectivity index (χ1) is 7.30. The molecular weight excluding hydrogens is 188 g/mol. The Bertz CT molecular complexity index is 164. The van der Waals surface area contributed by atoms with E-state index in [9.17, 15) is 0 Å². The molecule has 2 unspecified atom stereocenters. The van der Waals surface area contributed by atoms with Gasteiger partial charge >= 0.3 is 0 Å². The Balaban J connectivity index is 2.36. The van der Waals surface area contributed by atoms with Gasteiger partial charge in [-0.25, -0.2) is 0 Å². The molecule has 0 saturated carbocycles. The third-order valence-corrected chi connectivity index (χ3v) is 3.33. The Labute approximate surface area is 93.9 Å². The molecule has 0 amide bonds. The Morgan fingerprint density at radius 1 is 1.40 bits per heavy atom. The molecule has 15 heavy (non-hydrogen) atoms. The predicted molar refractivity (Wildman–Crippen MR) is 64.0 cm³/mol. The molecule has 0 aliphatic carbocycles. The largest absolute Gasteiger partial charge is 0.396 e. The monoisotopic (exact) mass is 214 g/mol. The SMILES string of the molecule is CCCN1CC(CCCO)CC(NC)C1. The molecule has 1 aliphatic heterocycles. The molecule has 1 heterocycles. The summed E-state index contributed by atoms with van der Waals surface area (Å²) in [5.41, 5.74) is 0. The lowest BCUT2D eigenvalue weighted by Gasteiger charge is -2.37. The molecule has 3 nitrogen and oxygen atoms in total. The van der Waals surface area contributed by atoms with Crippen LogP contribution >= 0.6 is 0 Å². The van der Waals surface area contributed by atoms with E-state index in [1.54, 1.807) is 0 Å². The number of likely N-dealkylation sites (tertiary alicyclic amines) is 1. The quantitative estimate of drug-likeness (QED) is 0.694. The zero-order valence-corrected chi connectivity index (χ0v) is 10.2. The Hall–Kier alpha value is -0.120. The zero-order chi connectivity index (χ0) is 11.1. The van der Waals surface area contributed by atoms with Crippen LogP contribution in [0, 0.1) is 5.92 Å². The molecule has 0 aromatic carbocycles. The topological polar surface area (TPSA) is 35.5 Å². The van der Waals surface area contributed by atoms with Crippen LogP contribution in [0.2, 0.25) is 0 Å². The van der Waals surface area contributed by atoms with E-state index in [1.807, 2.05) is 0 Å². The average molecular weight is 214 g/mol. The highest BCUT2D eigenvalue weighted by Gasteiger charge is 2.25. The number of aliphatic hydroxyl groups is 1. The van der Waals surface area contributed by atoms with E-state index in [0.717, 1.165) is 12.3 Å². The minimum atomic E-state index is 0.342. The molecule has 1 fully saturated rings. The third kappa shape index (κ3) is 4.49. The molecule has 2 N–H and O–H groups in total. The number of aliphatic hydroxyl groups excluding tert-OH is 1. The Morgan fingerprint density at radius 2 is 2.20 bits per heavy atom. The number of piperidine rings is 1. The van der Waals surface area contributed by atoms with Crippen LogP contribution in [-0.2, 0) is 0 Å². The fraction of sp³-hybridized carbons (Fsp3) is 1.00.